The van der Waals surface area contributed by atoms with Crippen LogP contribution in [0.15, 0.2) is 67.3 Å². The molecule has 0 aliphatic rings. The van der Waals surface area contributed by atoms with Gasteiger partial charge >= 0.3 is 6.18 Å². The van der Waals surface area contributed by atoms with E-state index in [1.54, 1.807) is 13.1 Å². The fourth-order valence-corrected chi connectivity index (χ4v) is 3.92. The summed E-state index contributed by atoms with van der Waals surface area (Å²) in [4.78, 5) is 22.9. The van der Waals surface area contributed by atoms with Crippen LogP contribution in [0.5, 0.6) is 11.5 Å². The van der Waals surface area contributed by atoms with Crippen molar-refractivity contribution in [2.75, 3.05) is 37.4 Å². The number of hydrogen-bond acceptors (Lipinski definition) is 8. The maximum Gasteiger partial charge on any atom is 0.422 e. The standard InChI is InChI=1S/C27H25F4N7O2/c1-32-11-5-13-38(2)25-19(37-26(39)21-16-33-15-20(36-21)17-10-12-34-35-14-17)8-9-23(24(25)27(29,30)31)40-22-7-4-3-6-18(22)28/h3-4,6-10,12,14-16,32H,5,11,13H2,1-2H3,(H,37,39). The Labute approximate surface area is 227 Å². The second kappa shape index (κ2) is 12.5. The maximum absolute atomic E-state index is 14.6. The Hall–Kier alpha value is -4.65. The molecule has 4 aromatic rings. The van der Waals surface area contributed by atoms with Gasteiger partial charge in [-0.1, -0.05) is 12.1 Å². The highest BCUT2D eigenvalue weighted by molar-refractivity contribution is 6.05. The summed E-state index contributed by atoms with van der Waals surface area (Å²) in [5, 5.41) is 12.9. The lowest BCUT2D eigenvalue weighted by molar-refractivity contribution is -0.138. The van der Waals surface area contributed by atoms with E-state index < -0.39 is 29.2 Å². The number of alkyl halides is 3. The first kappa shape index (κ1) is 28.4. The summed E-state index contributed by atoms with van der Waals surface area (Å²) in [7, 11) is 3.20. The first-order chi connectivity index (χ1) is 19.2. The van der Waals surface area contributed by atoms with E-state index in [1.165, 1.54) is 61.0 Å². The minimum atomic E-state index is -4.91. The molecule has 2 aromatic heterocycles. The summed E-state index contributed by atoms with van der Waals surface area (Å²) in [6.45, 7) is 0.755. The van der Waals surface area contributed by atoms with Crippen LogP contribution in [0.4, 0.5) is 28.9 Å². The Bertz CT molecular complexity index is 1470. The van der Waals surface area contributed by atoms with Crippen molar-refractivity contribution in [1.29, 1.82) is 0 Å². The molecule has 208 valence electrons. The number of para-hydroxylation sites is 1. The highest BCUT2D eigenvalue weighted by Crippen LogP contribution is 2.47. The normalized spacial score (nSPS) is 11.2. The second-order valence-corrected chi connectivity index (χ2v) is 8.62. The Morgan fingerprint density at radius 3 is 2.52 bits per heavy atom. The Balaban J connectivity index is 1.76. The number of benzene rings is 2. The molecule has 0 bridgehead atoms. The fourth-order valence-electron chi connectivity index (χ4n) is 3.92. The molecule has 0 spiro atoms. The predicted molar refractivity (Wildman–Crippen MR) is 141 cm³/mol. The first-order valence-corrected chi connectivity index (χ1v) is 12.1. The van der Waals surface area contributed by atoms with Crippen molar-refractivity contribution in [1.82, 2.24) is 25.5 Å². The lowest BCUT2D eigenvalue weighted by atomic mass is 10.1. The SMILES string of the molecule is CNCCCN(C)c1c(NC(=O)c2cncc(-c3ccnnc3)n2)ccc(Oc2ccccc2F)c1C(F)(F)F. The van der Waals surface area contributed by atoms with E-state index in [0.717, 1.165) is 12.1 Å². The summed E-state index contributed by atoms with van der Waals surface area (Å²) in [5.74, 6) is -2.58. The van der Waals surface area contributed by atoms with Crippen LogP contribution in [0.3, 0.4) is 0 Å². The van der Waals surface area contributed by atoms with Crippen LogP contribution in [-0.2, 0) is 6.18 Å². The summed E-state index contributed by atoms with van der Waals surface area (Å²) in [5.41, 5.74) is -0.884. The minimum Gasteiger partial charge on any atom is -0.454 e. The molecule has 13 heteroatoms. The number of amides is 1. The summed E-state index contributed by atoms with van der Waals surface area (Å²) in [6.07, 6.45) is 1.10. The third-order valence-corrected chi connectivity index (χ3v) is 5.78. The summed E-state index contributed by atoms with van der Waals surface area (Å²) >= 11 is 0. The van der Waals surface area contributed by atoms with Gasteiger partial charge in [0.25, 0.3) is 5.91 Å². The van der Waals surface area contributed by atoms with E-state index in [0.29, 0.717) is 24.2 Å². The molecule has 0 fully saturated rings. The maximum atomic E-state index is 14.6. The monoisotopic (exact) mass is 555 g/mol. The average Bonchev–Trinajstić information content (AvgIpc) is 2.94. The van der Waals surface area contributed by atoms with E-state index in [2.05, 4.69) is 30.8 Å². The van der Waals surface area contributed by atoms with Gasteiger partial charge in [-0.05, 0) is 50.3 Å². The second-order valence-electron chi connectivity index (χ2n) is 8.62. The summed E-state index contributed by atoms with van der Waals surface area (Å²) in [6, 6.07) is 9.10. The van der Waals surface area contributed by atoms with Crippen molar-refractivity contribution >= 4 is 17.3 Å². The Morgan fingerprint density at radius 1 is 1.02 bits per heavy atom. The zero-order valence-corrected chi connectivity index (χ0v) is 21.5. The van der Waals surface area contributed by atoms with Crippen molar-refractivity contribution in [2.24, 2.45) is 0 Å². The van der Waals surface area contributed by atoms with Gasteiger partial charge in [-0.3, -0.25) is 9.78 Å². The highest BCUT2D eigenvalue weighted by Gasteiger charge is 2.40. The van der Waals surface area contributed by atoms with Gasteiger partial charge in [-0.25, -0.2) is 9.37 Å². The molecular weight excluding hydrogens is 530 g/mol. The van der Waals surface area contributed by atoms with Gasteiger partial charge in [0.05, 0.1) is 41.9 Å². The van der Waals surface area contributed by atoms with Gasteiger partial charge in [0.15, 0.2) is 11.6 Å². The number of carbonyl (C=O) groups is 1. The quantitative estimate of drug-likeness (QED) is 0.204. The van der Waals surface area contributed by atoms with Crippen LogP contribution < -0.4 is 20.3 Å². The third kappa shape index (κ3) is 6.67. The number of anilines is 2. The van der Waals surface area contributed by atoms with E-state index in [-0.39, 0.29) is 29.4 Å². The number of hydrogen-bond donors (Lipinski definition) is 2. The topological polar surface area (TPSA) is 105 Å². The molecule has 0 radical (unpaired) electrons. The van der Waals surface area contributed by atoms with Crippen molar-refractivity contribution < 1.29 is 27.1 Å². The largest absolute Gasteiger partial charge is 0.454 e. The fraction of sp³-hybridized carbons (Fsp3) is 0.222. The van der Waals surface area contributed by atoms with E-state index in [1.807, 2.05) is 0 Å². The highest BCUT2D eigenvalue weighted by atomic mass is 19.4. The van der Waals surface area contributed by atoms with Crippen LogP contribution in [0.2, 0.25) is 0 Å². The Kier molecular flexibility index (Phi) is 8.84. The molecule has 2 heterocycles. The van der Waals surface area contributed by atoms with Crippen LogP contribution in [0.25, 0.3) is 11.3 Å². The zero-order chi connectivity index (χ0) is 28.7. The lowest BCUT2D eigenvalue weighted by Crippen LogP contribution is -2.27. The van der Waals surface area contributed by atoms with Crippen molar-refractivity contribution in [3.8, 4) is 22.8 Å². The number of aromatic nitrogens is 4. The van der Waals surface area contributed by atoms with Crippen LogP contribution in [0, 0.1) is 5.82 Å². The molecule has 2 N–H and O–H groups in total. The molecule has 40 heavy (non-hydrogen) atoms. The van der Waals surface area contributed by atoms with Gasteiger partial charge < -0.3 is 20.3 Å². The molecule has 1 amide bonds. The molecule has 0 unspecified atom stereocenters. The van der Waals surface area contributed by atoms with Gasteiger partial charge in [-0.2, -0.15) is 23.4 Å². The average molecular weight is 556 g/mol. The molecule has 0 saturated carbocycles. The number of nitrogens with zero attached hydrogens (tertiary/aromatic N) is 5. The van der Waals surface area contributed by atoms with Crippen molar-refractivity contribution in [3.05, 3.63) is 84.3 Å². The van der Waals surface area contributed by atoms with Gasteiger partial charge in [0.1, 0.15) is 17.0 Å². The van der Waals surface area contributed by atoms with Crippen LogP contribution in [0.1, 0.15) is 22.5 Å². The zero-order valence-electron chi connectivity index (χ0n) is 21.5. The molecule has 0 atom stereocenters. The molecule has 0 aliphatic carbocycles. The number of carbonyl (C=O) groups excluding carboxylic acids is 1. The molecular formula is C27H25F4N7O2. The number of nitrogens with one attached hydrogen (secondary N) is 2. The lowest BCUT2D eigenvalue weighted by Gasteiger charge is -2.28. The number of rotatable bonds is 10. The summed E-state index contributed by atoms with van der Waals surface area (Å²) < 4.78 is 63.4. The van der Waals surface area contributed by atoms with Gasteiger partial charge in [0.2, 0.25) is 0 Å². The first-order valence-electron chi connectivity index (χ1n) is 12.1. The third-order valence-electron chi connectivity index (χ3n) is 5.78. The predicted octanol–water partition coefficient (Wildman–Crippen LogP) is 5.18. The van der Waals surface area contributed by atoms with Crippen LogP contribution in [-0.4, -0.2) is 53.3 Å². The molecule has 0 aliphatic heterocycles. The molecule has 2 aromatic carbocycles. The van der Waals surface area contributed by atoms with Gasteiger partial charge in [-0.15, -0.1) is 0 Å². The van der Waals surface area contributed by atoms with E-state index >= 15 is 0 Å². The van der Waals surface area contributed by atoms with Crippen molar-refractivity contribution in [3.63, 3.8) is 0 Å². The molecule has 9 nitrogen and oxygen atoms in total. The van der Waals surface area contributed by atoms with E-state index in [9.17, 15) is 22.4 Å². The Morgan fingerprint density at radius 2 is 1.82 bits per heavy atom. The molecule has 4 rings (SSSR count). The van der Waals surface area contributed by atoms with Gasteiger partial charge in [0, 0.05) is 19.2 Å². The minimum absolute atomic E-state index is 0.127. The van der Waals surface area contributed by atoms with Crippen molar-refractivity contribution in [2.45, 2.75) is 12.6 Å². The number of ether oxygens (including phenoxy) is 1. The smallest absolute Gasteiger partial charge is 0.422 e. The number of halogens is 4. The molecule has 0 saturated heterocycles. The van der Waals surface area contributed by atoms with E-state index in [4.69, 9.17) is 4.74 Å². The van der Waals surface area contributed by atoms with Crippen LogP contribution >= 0.6 is 0 Å².